The van der Waals surface area contributed by atoms with Gasteiger partial charge in [0.15, 0.2) is 0 Å². The smallest absolute Gasteiger partial charge is 0.0530 e. The molecule has 0 aliphatic heterocycles. The zero-order valence-electron chi connectivity index (χ0n) is 7.36. The Kier molecular flexibility index (Phi) is 1.27. The molecule has 1 aromatic heterocycles. The molecule has 48 valence electrons. The minimum absolute atomic E-state index is 0.0804. The molecule has 1 nitrogen and oxygen atoms in total. The lowest BCUT2D eigenvalue weighted by molar-refractivity contribution is 1.17. The van der Waals surface area contributed by atoms with Gasteiger partial charge in [-0.05, 0) is 44.8 Å². The molecule has 0 radical (unpaired) electrons. The zero-order valence-corrected chi connectivity index (χ0v) is 7.53. The third-order valence-corrected chi connectivity index (χ3v) is 2.84. The van der Waals surface area contributed by atoms with Gasteiger partial charge in [-0.1, -0.05) is 0 Å². The monoisotopic (exact) mass is 252 g/mol. The SMILES string of the molecule is [2H]C([2H])([2H])c1nccc(Br)c1Br. The van der Waals surface area contributed by atoms with Crippen LogP contribution in [0.1, 0.15) is 9.81 Å². The Morgan fingerprint density at radius 3 is 3.00 bits per heavy atom. The van der Waals surface area contributed by atoms with Crippen LogP contribution in [0.3, 0.4) is 0 Å². The van der Waals surface area contributed by atoms with Crippen LogP contribution in [-0.4, -0.2) is 4.98 Å². The first kappa shape index (κ1) is 4.09. The fourth-order valence-corrected chi connectivity index (χ4v) is 0.961. The second-order valence-corrected chi connectivity index (χ2v) is 3.10. The fourth-order valence-electron chi connectivity index (χ4n) is 0.420. The first-order valence-corrected chi connectivity index (χ1v) is 3.82. The third kappa shape index (κ3) is 1.52. The van der Waals surface area contributed by atoms with Gasteiger partial charge in [-0.3, -0.25) is 4.98 Å². The summed E-state index contributed by atoms with van der Waals surface area (Å²) in [7, 11) is 0. The van der Waals surface area contributed by atoms with Crippen LogP contribution in [0.5, 0.6) is 0 Å². The van der Waals surface area contributed by atoms with E-state index < -0.39 is 6.85 Å². The van der Waals surface area contributed by atoms with E-state index in [2.05, 4.69) is 36.8 Å². The zero-order chi connectivity index (χ0) is 9.35. The minimum atomic E-state index is -2.16. The summed E-state index contributed by atoms with van der Waals surface area (Å²) in [5, 5.41) is 0. The van der Waals surface area contributed by atoms with Gasteiger partial charge in [-0.25, -0.2) is 0 Å². The van der Waals surface area contributed by atoms with Gasteiger partial charge in [0.1, 0.15) is 0 Å². The van der Waals surface area contributed by atoms with Crippen LogP contribution in [0.25, 0.3) is 0 Å². The highest BCUT2D eigenvalue weighted by Crippen LogP contribution is 2.23. The fraction of sp³-hybridized carbons (Fsp3) is 0.167. The maximum Gasteiger partial charge on any atom is 0.0530 e. The van der Waals surface area contributed by atoms with Crippen molar-refractivity contribution in [1.82, 2.24) is 4.98 Å². The van der Waals surface area contributed by atoms with Crippen molar-refractivity contribution in [3.8, 4) is 0 Å². The summed E-state index contributed by atoms with van der Waals surface area (Å²) in [4.78, 5) is 3.77. The molecule has 0 unspecified atom stereocenters. The standard InChI is InChI=1S/C6H5Br2N/c1-4-6(8)5(7)2-3-9-4/h2-3H,1H3/i1D3. The molecule has 1 aromatic rings. The summed E-state index contributed by atoms with van der Waals surface area (Å²) in [5.41, 5.74) is 0.0804. The van der Waals surface area contributed by atoms with Crippen molar-refractivity contribution < 1.29 is 4.11 Å². The molecule has 0 atom stereocenters. The molecule has 0 aromatic carbocycles. The van der Waals surface area contributed by atoms with Crippen LogP contribution >= 0.6 is 31.9 Å². The molecule has 9 heavy (non-hydrogen) atoms. The predicted octanol–water partition coefficient (Wildman–Crippen LogP) is 2.92. The molecule has 0 saturated heterocycles. The Balaban J connectivity index is 3.26. The van der Waals surface area contributed by atoms with E-state index in [-0.39, 0.29) is 5.69 Å². The third-order valence-electron chi connectivity index (χ3n) is 0.842. The van der Waals surface area contributed by atoms with Crippen LogP contribution in [0.4, 0.5) is 0 Å². The van der Waals surface area contributed by atoms with Gasteiger partial charge in [0.25, 0.3) is 0 Å². The number of aromatic nitrogens is 1. The van der Waals surface area contributed by atoms with Gasteiger partial charge in [0.05, 0.1) is 10.2 Å². The van der Waals surface area contributed by atoms with Crippen molar-refractivity contribution in [2.24, 2.45) is 0 Å². The molecule has 1 rings (SSSR count). The van der Waals surface area contributed by atoms with E-state index in [1.165, 1.54) is 6.20 Å². The maximum absolute atomic E-state index is 7.13. The second kappa shape index (κ2) is 2.80. The van der Waals surface area contributed by atoms with Crippen LogP contribution in [0.2, 0.25) is 0 Å². The van der Waals surface area contributed by atoms with E-state index in [1.54, 1.807) is 6.07 Å². The highest BCUT2D eigenvalue weighted by molar-refractivity contribution is 9.13. The number of halogens is 2. The molecular formula is C6H5Br2N. The number of pyridine rings is 1. The van der Waals surface area contributed by atoms with E-state index in [0.717, 1.165) is 0 Å². The molecule has 0 saturated carbocycles. The highest BCUT2D eigenvalue weighted by atomic mass is 79.9. The minimum Gasteiger partial charge on any atom is -0.260 e. The Morgan fingerprint density at radius 2 is 2.44 bits per heavy atom. The van der Waals surface area contributed by atoms with E-state index >= 15 is 0 Å². The molecule has 0 fully saturated rings. The molecule has 3 heteroatoms. The van der Waals surface area contributed by atoms with E-state index in [9.17, 15) is 0 Å². The lowest BCUT2D eigenvalue weighted by Gasteiger charge is -1.96. The number of nitrogens with zero attached hydrogens (tertiary/aromatic N) is 1. The number of rotatable bonds is 0. The predicted molar refractivity (Wildman–Crippen MR) is 44.4 cm³/mol. The van der Waals surface area contributed by atoms with Crippen molar-refractivity contribution in [2.75, 3.05) is 0 Å². The van der Waals surface area contributed by atoms with Crippen molar-refractivity contribution in [2.45, 2.75) is 6.85 Å². The van der Waals surface area contributed by atoms with Gasteiger partial charge in [0.2, 0.25) is 0 Å². The molecule has 1 heterocycles. The largest absolute Gasteiger partial charge is 0.260 e. The number of aryl methyl sites for hydroxylation is 1. The summed E-state index contributed by atoms with van der Waals surface area (Å²) in [6.07, 6.45) is 1.45. The van der Waals surface area contributed by atoms with E-state index in [0.29, 0.717) is 8.95 Å². The first-order chi connectivity index (χ1) is 5.43. The molecule has 0 aliphatic carbocycles. The highest BCUT2D eigenvalue weighted by Gasteiger charge is 1.97. The molecular weight excluding hydrogens is 246 g/mol. The maximum atomic E-state index is 7.13. The Bertz CT molecular complexity index is 297. The van der Waals surface area contributed by atoms with Crippen LogP contribution in [-0.2, 0) is 0 Å². The molecule has 0 N–H and O–H groups in total. The number of hydrogen-bond acceptors (Lipinski definition) is 1. The van der Waals surface area contributed by atoms with Gasteiger partial charge in [-0.15, -0.1) is 0 Å². The van der Waals surface area contributed by atoms with Crippen molar-refractivity contribution in [1.29, 1.82) is 0 Å². The topological polar surface area (TPSA) is 12.9 Å². The summed E-state index contributed by atoms with van der Waals surface area (Å²) < 4.78 is 22.6. The summed E-state index contributed by atoms with van der Waals surface area (Å²) >= 11 is 6.35. The van der Waals surface area contributed by atoms with Crippen molar-refractivity contribution in [3.63, 3.8) is 0 Å². The molecule has 0 aliphatic rings. The Morgan fingerprint density at radius 1 is 1.67 bits per heavy atom. The number of hydrogen-bond donors (Lipinski definition) is 0. The van der Waals surface area contributed by atoms with Crippen molar-refractivity contribution >= 4 is 31.9 Å². The molecule has 0 bridgehead atoms. The second-order valence-electron chi connectivity index (χ2n) is 1.46. The quantitative estimate of drug-likeness (QED) is 0.693. The lowest BCUT2D eigenvalue weighted by atomic mass is 10.4. The molecule has 0 spiro atoms. The summed E-state index contributed by atoms with van der Waals surface area (Å²) in [6, 6.07) is 1.68. The summed E-state index contributed by atoms with van der Waals surface area (Å²) in [6.45, 7) is -2.16. The van der Waals surface area contributed by atoms with Gasteiger partial charge in [-0.2, -0.15) is 0 Å². The Hall–Kier alpha value is 0.110. The van der Waals surface area contributed by atoms with Crippen molar-refractivity contribution in [3.05, 3.63) is 26.9 Å². The summed E-state index contributed by atoms with van der Waals surface area (Å²) in [5.74, 6) is 0. The lowest BCUT2D eigenvalue weighted by Crippen LogP contribution is -1.80. The average Bonchev–Trinajstić information content (AvgIpc) is 1.92. The average molecular weight is 254 g/mol. The van der Waals surface area contributed by atoms with Crippen LogP contribution < -0.4 is 0 Å². The van der Waals surface area contributed by atoms with Gasteiger partial charge < -0.3 is 0 Å². The first-order valence-electron chi connectivity index (χ1n) is 3.73. The molecule has 0 amide bonds. The van der Waals surface area contributed by atoms with Crippen LogP contribution in [0, 0.1) is 6.85 Å². The van der Waals surface area contributed by atoms with Gasteiger partial charge in [0, 0.05) is 14.8 Å². The Labute approximate surface area is 75.0 Å². The van der Waals surface area contributed by atoms with E-state index in [1.807, 2.05) is 0 Å². The van der Waals surface area contributed by atoms with Gasteiger partial charge >= 0.3 is 0 Å². The van der Waals surface area contributed by atoms with E-state index in [4.69, 9.17) is 4.11 Å². The normalized spacial score (nSPS) is 16.0. The van der Waals surface area contributed by atoms with Crippen LogP contribution in [0.15, 0.2) is 21.2 Å².